The molecule has 2 rings (SSSR count). The summed E-state index contributed by atoms with van der Waals surface area (Å²) < 4.78 is 5.30. The molecule has 134 valence electrons. The van der Waals surface area contributed by atoms with Crippen molar-refractivity contribution in [1.82, 2.24) is 9.80 Å². The molecule has 0 aromatic heterocycles. The molecular formula is C19H31N3OS. The van der Waals surface area contributed by atoms with E-state index >= 15 is 0 Å². The molecule has 1 N–H and O–H groups in total. The maximum atomic E-state index is 5.72. The summed E-state index contributed by atoms with van der Waals surface area (Å²) in [6, 6.07) is 9.45. The van der Waals surface area contributed by atoms with Gasteiger partial charge in [0.05, 0.1) is 6.61 Å². The van der Waals surface area contributed by atoms with Crippen LogP contribution in [-0.4, -0.2) is 60.3 Å². The van der Waals surface area contributed by atoms with Crippen LogP contribution in [0.5, 0.6) is 0 Å². The number of methoxy groups -OCH3 is 1. The SMILES string of the molecule is COCCN(C(=S)Nc1cccc(C)c1)C1CCN(C(C)C)CC1. The Morgan fingerprint density at radius 3 is 2.67 bits per heavy atom. The predicted octanol–water partition coefficient (Wildman–Crippen LogP) is 3.51. The number of ether oxygens (including phenoxy) is 1. The molecule has 24 heavy (non-hydrogen) atoms. The Kier molecular flexibility index (Phi) is 7.46. The fraction of sp³-hybridized carbons (Fsp3) is 0.632. The Hall–Kier alpha value is -1.17. The highest BCUT2D eigenvalue weighted by atomic mass is 32.1. The lowest BCUT2D eigenvalue weighted by atomic mass is 10.0. The van der Waals surface area contributed by atoms with E-state index in [1.54, 1.807) is 7.11 Å². The zero-order chi connectivity index (χ0) is 17.5. The van der Waals surface area contributed by atoms with Gasteiger partial charge >= 0.3 is 0 Å². The first-order valence-electron chi connectivity index (χ1n) is 8.88. The minimum Gasteiger partial charge on any atom is -0.383 e. The van der Waals surface area contributed by atoms with Gasteiger partial charge in [0.25, 0.3) is 0 Å². The number of hydrogen-bond acceptors (Lipinski definition) is 3. The number of thiocarbonyl (C=S) groups is 1. The summed E-state index contributed by atoms with van der Waals surface area (Å²) in [6.07, 6.45) is 2.30. The molecule has 0 unspecified atom stereocenters. The first-order chi connectivity index (χ1) is 11.5. The molecule has 1 aliphatic heterocycles. The van der Waals surface area contributed by atoms with Crippen LogP contribution in [0.25, 0.3) is 0 Å². The zero-order valence-electron chi connectivity index (χ0n) is 15.4. The van der Waals surface area contributed by atoms with E-state index in [-0.39, 0.29) is 0 Å². The number of aryl methyl sites for hydroxylation is 1. The van der Waals surface area contributed by atoms with Crippen LogP contribution in [0.3, 0.4) is 0 Å². The topological polar surface area (TPSA) is 27.7 Å². The Bertz CT molecular complexity index is 527. The van der Waals surface area contributed by atoms with E-state index in [9.17, 15) is 0 Å². The third kappa shape index (κ3) is 5.43. The Morgan fingerprint density at radius 1 is 1.38 bits per heavy atom. The van der Waals surface area contributed by atoms with E-state index in [1.165, 1.54) is 5.56 Å². The second-order valence-electron chi connectivity index (χ2n) is 6.85. The van der Waals surface area contributed by atoms with Crippen molar-refractivity contribution in [3.63, 3.8) is 0 Å². The van der Waals surface area contributed by atoms with E-state index in [1.807, 2.05) is 0 Å². The molecule has 0 radical (unpaired) electrons. The van der Waals surface area contributed by atoms with Crippen molar-refractivity contribution in [2.45, 2.75) is 45.7 Å². The fourth-order valence-corrected chi connectivity index (χ4v) is 3.63. The predicted molar refractivity (Wildman–Crippen MR) is 106 cm³/mol. The molecule has 0 amide bonds. The van der Waals surface area contributed by atoms with Crippen LogP contribution in [0.4, 0.5) is 5.69 Å². The molecule has 0 spiro atoms. The summed E-state index contributed by atoms with van der Waals surface area (Å²) in [6.45, 7) is 10.4. The Balaban J connectivity index is 2.00. The number of nitrogens with one attached hydrogen (secondary N) is 1. The maximum Gasteiger partial charge on any atom is 0.173 e. The van der Waals surface area contributed by atoms with Gasteiger partial charge in [0.15, 0.2) is 5.11 Å². The van der Waals surface area contributed by atoms with Gasteiger partial charge in [-0.1, -0.05) is 12.1 Å². The summed E-state index contributed by atoms with van der Waals surface area (Å²) in [5, 5.41) is 4.22. The monoisotopic (exact) mass is 349 g/mol. The van der Waals surface area contributed by atoms with Gasteiger partial charge in [-0.25, -0.2) is 0 Å². The highest BCUT2D eigenvalue weighted by Gasteiger charge is 2.27. The van der Waals surface area contributed by atoms with Crippen LogP contribution in [-0.2, 0) is 4.74 Å². The van der Waals surface area contributed by atoms with Crippen molar-refractivity contribution in [3.8, 4) is 0 Å². The molecule has 1 heterocycles. The summed E-state index contributed by atoms with van der Waals surface area (Å²) >= 11 is 5.72. The molecule has 1 aromatic carbocycles. The third-order valence-electron chi connectivity index (χ3n) is 4.74. The second kappa shape index (κ2) is 9.35. The number of anilines is 1. The molecule has 1 saturated heterocycles. The van der Waals surface area contributed by atoms with Crippen LogP contribution < -0.4 is 5.32 Å². The van der Waals surface area contributed by atoms with Gasteiger partial charge in [-0.3, -0.25) is 0 Å². The van der Waals surface area contributed by atoms with Crippen LogP contribution in [0.15, 0.2) is 24.3 Å². The first kappa shape index (κ1) is 19.2. The molecule has 0 aliphatic carbocycles. The lowest BCUT2D eigenvalue weighted by molar-refractivity contribution is 0.108. The Morgan fingerprint density at radius 2 is 2.08 bits per heavy atom. The molecule has 4 nitrogen and oxygen atoms in total. The minimum atomic E-state index is 0.486. The van der Waals surface area contributed by atoms with Gasteiger partial charge in [-0.2, -0.15) is 0 Å². The fourth-order valence-electron chi connectivity index (χ4n) is 3.27. The van der Waals surface area contributed by atoms with Gasteiger partial charge in [0.1, 0.15) is 0 Å². The smallest absolute Gasteiger partial charge is 0.173 e. The zero-order valence-corrected chi connectivity index (χ0v) is 16.2. The molecule has 0 bridgehead atoms. The maximum absolute atomic E-state index is 5.72. The molecule has 1 aliphatic rings. The van der Waals surface area contributed by atoms with Crippen molar-refractivity contribution < 1.29 is 4.74 Å². The van der Waals surface area contributed by atoms with Crippen LogP contribution in [0, 0.1) is 6.92 Å². The van der Waals surface area contributed by atoms with Gasteiger partial charge in [0, 0.05) is 44.5 Å². The molecule has 5 heteroatoms. The normalized spacial score (nSPS) is 16.4. The summed E-state index contributed by atoms with van der Waals surface area (Å²) in [7, 11) is 1.75. The molecular weight excluding hydrogens is 318 g/mol. The number of rotatable bonds is 6. The standard InChI is InChI=1S/C19H31N3OS/c1-15(2)21-10-8-18(9-11-21)22(12-13-23-4)19(24)20-17-7-5-6-16(3)14-17/h5-7,14-15,18H,8-13H2,1-4H3,(H,20,24). The highest BCUT2D eigenvalue weighted by molar-refractivity contribution is 7.80. The largest absolute Gasteiger partial charge is 0.383 e. The number of nitrogens with zero attached hydrogens (tertiary/aromatic N) is 2. The van der Waals surface area contributed by atoms with Gasteiger partial charge in [0.2, 0.25) is 0 Å². The summed E-state index contributed by atoms with van der Waals surface area (Å²) in [5.74, 6) is 0. The number of piperidine rings is 1. The number of hydrogen-bond donors (Lipinski definition) is 1. The Labute approximate surface area is 152 Å². The van der Waals surface area contributed by atoms with Crippen LogP contribution in [0.1, 0.15) is 32.3 Å². The second-order valence-corrected chi connectivity index (χ2v) is 7.23. The van der Waals surface area contributed by atoms with E-state index < -0.39 is 0 Å². The molecule has 1 aromatic rings. The molecule has 1 fully saturated rings. The lowest BCUT2D eigenvalue weighted by Crippen LogP contribution is -2.50. The number of benzene rings is 1. The number of likely N-dealkylation sites (tertiary alicyclic amines) is 1. The van der Waals surface area contributed by atoms with Crippen molar-refractivity contribution in [1.29, 1.82) is 0 Å². The first-order valence-corrected chi connectivity index (χ1v) is 9.29. The average Bonchev–Trinajstić information content (AvgIpc) is 2.55. The third-order valence-corrected chi connectivity index (χ3v) is 5.07. The highest BCUT2D eigenvalue weighted by Crippen LogP contribution is 2.20. The molecule has 0 atom stereocenters. The summed E-state index contributed by atoms with van der Waals surface area (Å²) in [4.78, 5) is 4.86. The van der Waals surface area contributed by atoms with Crippen molar-refractivity contribution in [2.24, 2.45) is 0 Å². The van der Waals surface area contributed by atoms with Crippen LogP contribution >= 0.6 is 12.2 Å². The van der Waals surface area contributed by atoms with E-state index in [2.05, 4.69) is 60.2 Å². The van der Waals surface area contributed by atoms with Crippen LogP contribution in [0.2, 0.25) is 0 Å². The van der Waals surface area contributed by atoms with Gasteiger partial charge in [-0.15, -0.1) is 0 Å². The van der Waals surface area contributed by atoms with E-state index in [0.717, 1.165) is 43.3 Å². The van der Waals surface area contributed by atoms with E-state index in [0.29, 0.717) is 18.7 Å². The van der Waals surface area contributed by atoms with Crippen molar-refractivity contribution >= 4 is 23.0 Å². The average molecular weight is 350 g/mol. The molecule has 0 saturated carbocycles. The quantitative estimate of drug-likeness (QED) is 0.794. The van der Waals surface area contributed by atoms with Gasteiger partial charge < -0.3 is 19.9 Å². The van der Waals surface area contributed by atoms with E-state index in [4.69, 9.17) is 17.0 Å². The van der Waals surface area contributed by atoms with Crippen molar-refractivity contribution in [3.05, 3.63) is 29.8 Å². The van der Waals surface area contributed by atoms with Gasteiger partial charge in [-0.05, 0) is 63.5 Å². The van der Waals surface area contributed by atoms with Crippen molar-refractivity contribution in [2.75, 3.05) is 38.7 Å². The summed E-state index contributed by atoms with van der Waals surface area (Å²) in [5.41, 5.74) is 2.29. The lowest BCUT2D eigenvalue weighted by Gasteiger charge is -2.41. The minimum absolute atomic E-state index is 0.486.